The van der Waals surface area contributed by atoms with Crippen LogP contribution in [0.25, 0.3) is 11.4 Å². The molecule has 0 fully saturated rings. The van der Waals surface area contributed by atoms with Crippen molar-refractivity contribution in [3.63, 3.8) is 0 Å². The minimum Gasteiger partial charge on any atom is -0.489 e. The molecule has 0 bridgehead atoms. The Kier molecular flexibility index (Phi) is 3.96. The summed E-state index contributed by atoms with van der Waals surface area (Å²) in [6.45, 7) is 0.527. The van der Waals surface area contributed by atoms with Crippen molar-refractivity contribution in [2.45, 2.75) is 6.61 Å². The maximum absolute atomic E-state index is 10.8. The quantitative estimate of drug-likeness (QED) is 0.679. The van der Waals surface area contributed by atoms with Crippen molar-refractivity contribution in [2.75, 3.05) is 0 Å². The molecule has 0 unspecified atom stereocenters. The molecular weight excluding hydrogens is 278 g/mol. The number of hydrogen-bond acceptors (Lipinski definition) is 4. The van der Waals surface area contributed by atoms with Crippen LogP contribution in [0.5, 0.6) is 5.75 Å². The van der Waals surface area contributed by atoms with Crippen LogP contribution in [0.2, 0.25) is 0 Å². The molecule has 0 aliphatic rings. The van der Waals surface area contributed by atoms with Crippen LogP contribution in [0.15, 0.2) is 54.6 Å². The van der Waals surface area contributed by atoms with Gasteiger partial charge < -0.3 is 9.30 Å². The third-order valence-corrected chi connectivity index (χ3v) is 3.37. The first kappa shape index (κ1) is 14.0. The summed E-state index contributed by atoms with van der Waals surface area (Å²) in [6, 6.07) is 17.6. The lowest BCUT2D eigenvalue weighted by Gasteiger charge is -2.07. The van der Waals surface area contributed by atoms with Crippen LogP contribution in [-0.2, 0) is 13.7 Å². The lowest BCUT2D eigenvalue weighted by Crippen LogP contribution is -1.98. The van der Waals surface area contributed by atoms with E-state index in [-0.39, 0.29) is 0 Å². The fourth-order valence-electron chi connectivity index (χ4n) is 2.14. The Morgan fingerprint density at radius 1 is 1.05 bits per heavy atom. The SMILES string of the molecule is Cn1c(C=O)nnc1-c1ccc(OCc2ccccc2)cc1. The number of hydrogen-bond donors (Lipinski definition) is 0. The number of aromatic nitrogens is 3. The highest BCUT2D eigenvalue weighted by atomic mass is 16.5. The third-order valence-electron chi connectivity index (χ3n) is 3.37. The van der Waals surface area contributed by atoms with Gasteiger partial charge in [0.2, 0.25) is 0 Å². The molecule has 3 aromatic rings. The Morgan fingerprint density at radius 2 is 1.77 bits per heavy atom. The van der Waals surface area contributed by atoms with Gasteiger partial charge >= 0.3 is 0 Å². The van der Waals surface area contributed by atoms with E-state index in [1.165, 1.54) is 0 Å². The molecule has 0 amide bonds. The van der Waals surface area contributed by atoms with Crippen LogP contribution in [0.1, 0.15) is 16.2 Å². The number of rotatable bonds is 5. The molecule has 0 spiro atoms. The van der Waals surface area contributed by atoms with Crippen LogP contribution in [0.3, 0.4) is 0 Å². The lowest BCUT2D eigenvalue weighted by molar-refractivity contribution is 0.111. The molecule has 3 rings (SSSR count). The van der Waals surface area contributed by atoms with Crippen LogP contribution >= 0.6 is 0 Å². The highest BCUT2D eigenvalue weighted by Gasteiger charge is 2.09. The summed E-state index contributed by atoms with van der Waals surface area (Å²) in [5.74, 6) is 1.74. The molecule has 5 nitrogen and oxygen atoms in total. The van der Waals surface area contributed by atoms with Gasteiger partial charge in [0.1, 0.15) is 12.4 Å². The molecule has 110 valence electrons. The minimum absolute atomic E-state index is 0.305. The maximum Gasteiger partial charge on any atom is 0.196 e. The molecule has 0 radical (unpaired) electrons. The van der Waals surface area contributed by atoms with Crippen molar-refractivity contribution in [3.05, 3.63) is 66.0 Å². The second kappa shape index (κ2) is 6.22. The Morgan fingerprint density at radius 3 is 2.41 bits per heavy atom. The van der Waals surface area contributed by atoms with E-state index >= 15 is 0 Å². The zero-order chi connectivity index (χ0) is 15.4. The topological polar surface area (TPSA) is 57.0 Å². The van der Waals surface area contributed by atoms with Gasteiger partial charge in [0, 0.05) is 12.6 Å². The molecule has 22 heavy (non-hydrogen) atoms. The molecule has 0 saturated carbocycles. The van der Waals surface area contributed by atoms with Gasteiger partial charge in [-0.05, 0) is 29.8 Å². The molecule has 0 atom stereocenters. The van der Waals surface area contributed by atoms with Crippen LogP contribution in [0, 0.1) is 0 Å². The summed E-state index contributed by atoms with van der Waals surface area (Å²) in [6.07, 6.45) is 0.688. The predicted molar refractivity (Wildman–Crippen MR) is 82.6 cm³/mol. The summed E-state index contributed by atoms with van der Waals surface area (Å²) in [5, 5.41) is 7.84. The van der Waals surface area contributed by atoms with E-state index in [1.807, 2.05) is 54.6 Å². The van der Waals surface area contributed by atoms with E-state index in [0.717, 1.165) is 16.9 Å². The molecule has 0 saturated heterocycles. The Hall–Kier alpha value is -2.95. The van der Waals surface area contributed by atoms with Crippen molar-refractivity contribution in [3.8, 4) is 17.1 Å². The van der Waals surface area contributed by atoms with Gasteiger partial charge in [-0.3, -0.25) is 4.79 Å². The van der Waals surface area contributed by atoms with Crippen molar-refractivity contribution >= 4 is 6.29 Å². The standard InChI is InChI=1S/C17H15N3O2/c1-20-16(11-21)18-19-17(20)14-7-9-15(10-8-14)22-12-13-5-3-2-4-6-13/h2-11H,12H2,1H3. The Balaban J connectivity index is 1.72. The third kappa shape index (κ3) is 2.88. The Labute approximate surface area is 128 Å². The van der Waals surface area contributed by atoms with Crippen molar-refractivity contribution in [2.24, 2.45) is 7.05 Å². The van der Waals surface area contributed by atoms with Crippen molar-refractivity contribution < 1.29 is 9.53 Å². The van der Waals surface area contributed by atoms with Gasteiger partial charge in [0.25, 0.3) is 0 Å². The average molecular weight is 293 g/mol. The minimum atomic E-state index is 0.305. The van der Waals surface area contributed by atoms with E-state index < -0.39 is 0 Å². The van der Waals surface area contributed by atoms with Crippen LogP contribution in [-0.4, -0.2) is 21.1 Å². The van der Waals surface area contributed by atoms with Crippen LogP contribution < -0.4 is 4.74 Å². The van der Waals surface area contributed by atoms with E-state index in [9.17, 15) is 4.79 Å². The largest absolute Gasteiger partial charge is 0.489 e. The summed E-state index contributed by atoms with van der Waals surface area (Å²) in [7, 11) is 1.76. The van der Waals surface area contributed by atoms with Crippen LogP contribution in [0.4, 0.5) is 0 Å². The van der Waals surface area contributed by atoms with Gasteiger partial charge in [-0.25, -0.2) is 0 Å². The van der Waals surface area contributed by atoms with Gasteiger partial charge in [0.05, 0.1) is 0 Å². The summed E-state index contributed by atoms with van der Waals surface area (Å²) in [4.78, 5) is 10.8. The lowest BCUT2D eigenvalue weighted by atomic mass is 10.2. The van der Waals surface area contributed by atoms with Gasteiger partial charge in [-0.2, -0.15) is 0 Å². The highest BCUT2D eigenvalue weighted by Crippen LogP contribution is 2.21. The van der Waals surface area contributed by atoms with E-state index in [0.29, 0.717) is 24.5 Å². The van der Waals surface area contributed by atoms with Gasteiger partial charge in [0.15, 0.2) is 17.9 Å². The van der Waals surface area contributed by atoms with Gasteiger partial charge in [-0.1, -0.05) is 30.3 Å². The number of ether oxygens (including phenoxy) is 1. The molecule has 1 heterocycles. The zero-order valence-corrected chi connectivity index (χ0v) is 12.1. The number of carbonyl (C=O) groups excluding carboxylic acids is 1. The second-order valence-corrected chi connectivity index (χ2v) is 4.86. The fraction of sp³-hybridized carbons (Fsp3) is 0.118. The highest BCUT2D eigenvalue weighted by molar-refractivity contribution is 5.71. The molecule has 1 aromatic heterocycles. The number of nitrogens with zero attached hydrogens (tertiary/aromatic N) is 3. The van der Waals surface area contributed by atoms with E-state index in [1.54, 1.807) is 11.6 Å². The normalized spacial score (nSPS) is 10.4. The van der Waals surface area contributed by atoms with E-state index in [4.69, 9.17) is 4.74 Å². The molecule has 5 heteroatoms. The van der Waals surface area contributed by atoms with Crippen molar-refractivity contribution in [1.82, 2.24) is 14.8 Å². The predicted octanol–water partition coefficient (Wildman–Crippen LogP) is 2.87. The first-order valence-electron chi connectivity index (χ1n) is 6.89. The molecule has 0 N–H and O–H groups in total. The second-order valence-electron chi connectivity index (χ2n) is 4.86. The van der Waals surface area contributed by atoms with Gasteiger partial charge in [-0.15, -0.1) is 10.2 Å². The average Bonchev–Trinajstić information content (AvgIpc) is 2.95. The van der Waals surface area contributed by atoms with Crippen molar-refractivity contribution in [1.29, 1.82) is 0 Å². The summed E-state index contributed by atoms with van der Waals surface area (Å²) < 4.78 is 7.40. The molecular formula is C17H15N3O2. The molecule has 0 aliphatic carbocycles. The fourth-order valence-corrected chi connectivity index (χ4v) is 2.14. The first-order valence-corrected chi connectivity index (χ1v) is 6.89. The molecule has 2 aromatic carbocycles. The van der Waals surface area contributed by atoms with E-state index in [2.05, 4.69) is 10.2 Å². The summed E-state index contributed by atoms with van der Waals surface area (Å²) >= 11 is 0. The summed E-state index contributed by atoms with van der Waals surface area (Å²) in [5.41, 5.74) is 2.01. The number of benzene rings is 2. The Bertz CT molecular complexity index is 764. The monoisotopic (exact) mass is 293 g/mol. The number of carbonyl (C=O) groups is 1. The number of aldehydes is 1. The smallest absolute Gasteiger partial charge is 0.196 e. The molecule has 0 aliphatic heterocycles. The maximum atomic E-state index is 10.8. The zero-order valence-electron chi connectivity index (χ0n) is 12.1. The first-order chi connectivity index (χ1) is 10.8.